The molecule has 268 valence electrons. The van der Waals surface area contributed by atoms with Gasteiger partial charge in [0.1, 0.15) is 30.6 Å². The number of nitrogens with zero attached hydrogens (tertiary/aromatic N) is 7. The van der Waals surface area contributed by atoms with Gasteiger partial charge in [0, 0.05) is 44.5 Å². The van der Waals surface area contributed by atoms with E-state index in [0.717, 1.165) is 32.1 Å². The third kappa shape index (κ3) is 10.1. The molecule has 5 rings (SSSR count). The van der Waals surface area contributed by atoms with Crippen LogP contribution in [0.3, 0.4) is 0 Å². The van der Waals surface area contributed by atoms with Crippen LogP contribution in [-0.4, -0.2) is 91.8 Å². The van der Waals surface area contributed by atoms with Crippen molar-refractivity contribution in [3.05, 3.63) is 58.4 Å². The van der Waals surface area contributed by atoms with Crippen LogP contribution in [0.5, 0.6) is 0 Å². The molecule has 1 aromatic carbocycles. The van der Waals surface area contributed by atoms with Crippen molar-refractivity contribution in [2.45, 2.75) is 96.6 Å². The van der Waals surface area contributed by atoms with E-state index in [-0.39, 0.29) is 43.3 Å². The highest BCUT2D eigenvalue weighted by atomic mass is 16.7. The first-order chi connectivity index (χ1) is 24.0. The van der Waals surface area contributed by atoms with Crippen molar-refractivity contribution < 1.29 is 47.5 Å². The van der Waals surface area contributed by atoms with Crippen molar-refractivity contribution in [3.8, 4) is 11.4 Å². The Morgan fingerprint density at radius 1 is 1.10 bits per heavy atom. The maximum absolute atomic E-state index is 12.0. The van der Waals surface area contributed by atoms with Crippen LogP contribution >= 0.6 is 0 Å². The molecular formula is C32H39N7O11. The monoisotopic (exact) mass is 697 g/mol. The number of carbonyl (C=O) groups is 3. The van der Waals surface area contributed by atoms with Crippen molar-refractivity contribution in [2.75, 3.05) is 18.1 Å². The van der Waals surface area contributed by atoms with Gasteiger partial charge in [0.25, 0.3) is 5.69 Å². The SMILES string of the molecule is CC(=O)OC[C@H]1O[C@H](OC[C@@H](Cn2cc(CN(c3nc(-c4cccc([N+](=O)[O-])c4)no3)C3CCCCC3)nn2)OC(C)=O)C=C[C@@H]1OC(C)=O. The summed E-state index contributed by atoms with van der Waals surface area (Å²) in [7, 11) is 0. The van der Waals surface area contributed by atoms with E-state index in [1.165, 1.54) is 37.6 Å². The largest absolute Gasteiger partial charge is 0.463 e. The lowest BCUT2D eigenvalue weighted by molar-refractivity contribution is -0.384. The Hall–Kier alpha value is -5.23. The molecule has 4 atom stereocenters. The fourth-order valence-electron chi connectivity index (χ4n) is 5.75. The molecule has 18 nitrogen and oxygen atoms in total. The first kappa shape index (κ1) is 36.1. The fourth-order valence-corrected chi connectivity index (χ4v) is 5.75. The minimum Gasteiger partial charge on any atom is -0.463 e. The van der Waals surface area contributed by atoms with Crippen molar-refractivity contribution >= 4 is 29.6 Å². The van der Waals surface area contributed by atoms with Crippen LogP contribution in [-0.2, 0) is 51.2 Å². The van der Waals surface area contributed by atoms with Gasteiger partial charge in [-0.15, -0.1) is 5.10 Å². The van der Waals surface area contributed by atoms with Crippen LogP contribution in [0.15, 0.2) is 47.1 Å². The van der Waals surface area contributed by atoms with E-state index in [1.54, 1.807) is 30.5 Å². The number of carbonyl (C=O) groups excluding carboxylic acids is 3. The van der Waals surface area contributed by atoms with Gasteiger partial charge in [0.05, 0.1) is 30.8 Å². The highest BCUT2D eigenvalue weighted by Crippen LogP contribution is 2.30. The fraction of sp³-hybridized carbons (Fsp3) is 0.531. The van der Waals surface area contributed by atoms with Crippen LogP contribution < -0.4 is 4.90 Å². The summed E-state index contributed by atoms with van der Waals surface area (Å²) in [6, 6.07) is 6.40. The molecular weight excluding hydrogens is 658 g/mol. The van der Waals surface area contributed by atoms with Crippen LogP contribution in [0.4, 0.5) is 11.7 Å². The summed E-state index contributed by atoms with van der Waals surface area (Å²) in [6.07, 6.45) is 6.62. The Balaban J connectivity index is 1.25. The summed E-state index contributed by atoms with van der Waals surface area (Å²) < 4.78 is 34.7. The average molecular weight is 698 g/mol. The number of nitro groups is 1. The molecule has 0 radical (unpaired) electrons. The summed E-state index contributed by atoms with van der Waals surface area (Å²) >= 11 is 0. The molecule has 0 N–H and O–H groups in total. The first-order valence-corrected chi connectivity index (χ1v) is 16.2. The number of non-ortho nitro benzene ring substituents is 1. The standard InChI is InChI=1S/C32H39N7O11/c1-20(40)45-19-29-28(48-22(3)42)12-13-30(49-29)46-18-27(47-21(2)41)17-37-15-24(34-36-37)16-38(25-9-5-4-6-10-25)32-33-31(35-50-32)23-8-7-11-26(14-23)39(43)44/h7-8,11-15,25,27-30H,4-6,9-10,16-19H2,1-3H3/t27-,28+,29-,30+/m1/s1. The predicted molar refractivity (Wildman–Crippen MR) is 171 cm³/mol. The second kappa shape index (κ2) is 16.9. The Kier molecular flexibility index (Phi) is 12.2. The topological polar surface area (TPSA) is 213 Å². The lowest BCUT2D eigenvalue weighted by Crippen LogP contribution is -2.43. The molecule has 0 bridgehead atoms. The summed E-state index contributed by atoms with van der Waals surface area (Å²) in [6.45, 7) is 3.95. The number of anilines is 1. The van der Waals surface area contributed by atoms with Crippen molar-refractivity contribution in [3.63, 3.8) is 0 Å². The second-order valence-electron chi connectivity index (χ2n) is 11.9. The normalized spacial score (nSPS) is 19.8. The van der Waals surface area contributed by atoms with E-state index in [4.69, 9.17) is 28.2 Å². The Morgan fingerprint density at radius 2 is 1.90 bits per heavy atom. The smallest absolute Gasteiger partial charge is 0.325 e. The van der Waals surface area contributed by atoms with E-state index >= 15 is 0 Å². The third-order valence-electron chi connectivity index (χ3n) is 7.97. The minimum atomic E-state index is -0.905. The molecule has 1 aliphatic heterocycles. The number of rotatable bonds is 15. The predicted octanol–water partition coefficient (Wildman–Crippen LogP) is 3.30. The molecule has 1 aliphatic carbocycles. The second-order valence-corrected chi connectivity index (χ2v) is 11.9. The zero-order chi connectivity index (χ0) is 35.6. The zero-order valence-corrected chi connectivity index (χ0v) is 27.9. The Bertz CT molecular complexity index is 1670. The molecule has 18 heteroatoms. The third-order valence-corrected chi connectivity index (χ3v) is 7.97. The average Bonchev–Trinajstić information content (AvgIpc) is 3.76. The number of ether oxygens (including phenoxy) is 5. The zero-order valence-electron chi connectivity index (χ0n) is 27.9. The summed E-state index contributed by atoms with van der Waals surface area (Å²) in [5.74, 6) is -1.34. The quantitative estimate of drug-likeness (QED) is 0.0732. The summed E-state index contributed by atoms with van der Waals surface area (Å²) in [4.78, 5) is 52.2. The maximum atomic E-state index is 12.0. The van der Waals surface area contributed by atoms with Gasteiger partial charge in [0.15, 0.2) is 6.29 Å². The molecule has 50 heavy (non-hydrogen) atoms. The number of nitro benzene ring substituents is 1. The lowest BCUT2D eigenvalue weighted by Gasteiger charge is -2.32. The number of hydrogen-bond acceptors (Lipinski definition) is 16. The van der Waals surface area contributed by atoms with Crippen LogP contribution in [0.1, 0.15) is 58.6 Å². The Labute approximate surface area is 286 Å². The van der Waals surface area contributed by atoms with Gasteiger partial charge in [-0.3, -0.25) is 24.5 Å². The van der Waals surface area contributed by atoms with E-state index in [0.29, 0.717) is 17.8 Å². The van der Waals surface area contributed by atoms with Crippen molar-refractivity contribution in [1.82, 2.24) is 25.1 Å². The maximum Gasteiger partial charge on any atom is 0.325 e. The molecule has 3 heterocycles. The van der Waals surface area contributed by atoms with E-state index in [1.807, 2.05) is 4.90 Å². The Morgan fingerprint density at radius 3 is 2.62 bits per heavy atom. The van der Waals surface area contributed by atoms with Crippen LogP contribution in [0.25, 0.3) is 11.4 Å². The summed E-state index contributed by atoms with van der Waals surface area (Å²) in [5.41, 5.74) is 0.975. The van der Waals surface area contributed by atoms with Gasteiger partial charge in [-0.1, -0.05) is 41.8 Å². The number of aromatic nitrogens is 5. The highest BCUT2D eigenvalue weighted by molar-refractivity contribution is 5.67. The molecule has 3 aromatic rings. The first-order valence-electron chi connectivity index (χ1n) is 16.2. The molecule has 0 amide bonds. The number of benzene rings is 1. The van der Waals surface area contributed by atoms with Crippen LogP contribution in [0.2, 0.25) is 0 Å². The van der Waals surface area contributed by atoms with Crippen molar-refractivity contribution in [1.29, 1.82) is 0 Å². The van der Waals surface area contributed by atoms with E-state index in [2.05, 4.69) is 20.5 Å². The van der Waals surface area contributed by atoms with Gasteiger partial charge in [-0.05, 0) is 25.0 Å². The van der Waals surface area contributed by atoms with Gasteiger partial charge >= 0.3 is 23.9 Å². The van der Waals surface area contributed by atoms with Crippen LogP contribution in [0, 0.1) is 10.1 Å². The molecule has 1 saturated carbocycles. The number of esters is 3. The minimum absolute atomic E-state index is 0.0776. The molecule has 2 aromatic heterocycles. The van der Waals surface area contributed by atoms with Gasteiger partial charge in [-0.25, -0.2) is 4.68 Å². The molecule has 1 fully saturated rings. The van der Waals surface area contributed by atoms with Gasteiger partial charge in [-0.2, -0.15) is 4.98 Å². The van der Waals surface area contributed by atoms with E-state index < -0.39 is 47.4 Å². The molecule has 0 saturated heterocycles. The highest BCUT2D eigenvalue weighted by Gasteiger charge is 2.32. The van der Waals surface area contributed by atoms with Gasteiger partial charge < -0.3 is 33.1 Å². The molecule has 0 unspecified atom stereocenters. The molecule has 2 aliphatic rings. The lowest BCUT2D eigenvalue weighted by atomic mass is 9.94. The van der Waals surface area contributed by atoms with E-state index in [9.17, 15) is 24.5 Å². The molecule has 0 spiro atoms. The summed E-state index contributed by atoms with van der Waals surface area (Å²) in [5, 5.41) is 24.0. The van der Waals surface area contributed by atoms with Gasteiger partial charge in [0.2, 0.25) is 5.82 Å². The number of hydrogen-bond donors (Lipinski definition) is 0. The van der Waals surface area contributed by atoms with Crippen molar-refractivity contribution in [2.24, 2.45) is 0 Å².